The third-order valence-corrected chi connectivity index (χ3v) is 6.91. The van der Waals surface area contributed by atoms with Gasteiger partial charge in [-0.2, -0.15) is 0 Å². The number of aromatic nitrogens is 2. The zero-order valence-corrected chi connectivity index (χ0v) is 17.4. The molecular weight excluding hydrogens is 424 g/mol. The molecule has 3 aromatic heterocycles. The number of nitrogens with one attached hydrogen (secondary N) is 1. The number of fused-ring (bicyclic) bond motifs is 3. The minimum Gasteiger partial charge on any atom is -0.478 e. The highest BCUT2D eigenvalue weighted by Crippen LogP contribution is 2.34. The van der Waals surface area contributed by atoms with Crippen LogP contribution in [0.4, 0.5) is 0 Å². The molecule has 8 heteroatoms. The lowest BCUT2D eigenvalue weighted by atomic mass is 10.1. The highest BCUT2D eigenvalue weighted by atomic mass is 35.5. The number of carboxylic acids is 1. The Kier molecular flexibility index (Phi) is 4.72. The van der Waals surface area contributed by atoms with E-state index in [1.807, 2.05) is 0 Å². The van der Waals surface area contributed by atoms with Crippen molar-refractivity contribution in [2.24, 2.45) is 0 Å². The summed E-state index contributed by atoms with van der Waals surface area (Å²) in [4.78, 5) is 33.7. The molecule has 0 aliphatic heterocycles. The van der Waals surface area contributed by atoms with Gasteiger partial charge in [-0.05, 0) is 61.6 Å². The van der Waals surface area contributed by atoms with Crippen molar-refractivity contribution in [1.29, 1.82) is 0 Å². The summed E-state index contributed by atoms with van der Waals surface area (Å²) in [6.45, 7) is 0. The topological polar surface area (TPSA) is 96.2 Å². The van der Waals surface area contributed by atoms with Crippen molar-refractivity contribution >= 4 is 39.1 Å². The van der Waals surface area contributed by atoms with Crippen LogP contribution in [0.1, 0.15) is 40.1 Å². The minimum absolute atomic E-state index is 0.000141. The van der Waals surface area contributed by atoms with Crippen molar-refractivity contribution in [1.82, 2.24) is 9.97 Å². The van der Waals surface area contributed by atoms with Crippen LogP contribution >= 0.6 is 22.9 Å². The van der Waals surface area contributed by atoms with Crippen LogP contribution in [0, 0.1) is 0 Å². The molecule has 0 unspecified atom stereocenters. The molecule has 5 rings (SSSR count). The molecule has 0 bridgehead atoms. The number of aromatic amines is 1. The van der Waals surface area contributed by atoms with Crippen LogP contribution in [-0.2, 0) is 12.8 Å². The zero-order valence-electron chi connectivity index (χ0n) is 15.8. The van der Waals surface area contributed by atoms with Crippen LogP contribution in [0.2, 0.25) is 5.02 Å². The summed E-state index contributed by atoms with van der Waals surface area (Å²) in [5.41, 5.74) is 1.58. The van der Waals surface area contributed by atoms with Crippen molar-refractivity contribution in [2.45, 2.75) is 32.1 Å². The number of benzene rings is 1. The van der Waals surface area contributed by atoms with E-state index in [4.69, 9.17) is 16.0 Å². The lowest BCUT2D eigenvalue weighted by molar-refractivity contribution is 0.0697. The highest BCUT2D eigenvalue weighted by Gasteiger charge is 2.20. The van der Waals surface area contributed by atoms with Gasteiger partial charge in [0, 0.05) is 10.4 Å². The molecule has 2 N–H and O–H groups in total. The first-order chi connectivity index (χ1) is 14.5. The van der Waals surface area contributed by atoms with E-state index in [-0.39, 0.29) is 16.1 Å². The smallest absolute Gasteiger partial charge is 0.337 e. The Morgan fingerprint density at radius 2 is 1.93 bits per heavy atom. The van der Waals surface area contributed by atoms with E-state index in [0.29, 0.717) is 28.3 Å². The number of H-pyrrole nitrogens is 1. The predicted octanol–water partition coefficient (Wildman–Crippen LogP) is 5.53. The monoisotopic (exact) mass is 440 g/mol. The Morgan fingerprint density at radius 3 is 2.77 bits per heavy atom. The number of carboxylic acid groups (broad SMARTS) is 1. The van der Waals surface area contributed by atoms with E-state index in [0.717, 1.165) is 36.1 Å². The van der Waals surface area contributed by atoms with Gasteiger partial charge in [0.15, 0.2) is 11.6 Å². The fraction of sp³-hybridized carbons (Fsp3) is 0.227. The number of thiophene rings is 1. The first-order valence-electron chi connectivity index (χ1n) is 9.69. The van der Waals surface area contributed by atoms with Gasteiger partial charge in [-0.3, -0.25) is 4.79 Å². The molecule has 0 spiro atoms. The van der Waals surface area contributed by atoms with Gasteiger partial charge in [-0.1, -0.05) is 18.0 Å². The molecular formula is C22H17ClN2O4S. The van der Waals surface area contributed by atoms with Crippen molar-refractivity contribution in [3.05, 3.63) is 61.7 Å². The summed E-state index contributed by atoms with van der Waals surface area (Å²) in [7, 11) is 0. The number of furan rings is 1. The maximum atomic E-state index is 12.8. The molecule has 1 aliphatic carbocycles. The molecule has 0 atom stereocenters. The lowest BCUT2D eigenvalue weighted by Crippen LogP contribution is -2.09. The van der Waals surface area contributed by atoms with Crippen molar-refractivity contribution < 1.29 is 14.3 Å². The Bertz CT molecular complexity index is 1350. The molecule has 0 fully saturated rings. The number of aromatic carboxylic acids is 1. The second-order valence-electron chi connectivity index (χ2n) is 7.32. The van der Waals surface area contributed by atoms with Gasteiger partial charge >= 0.3 is 5.97 Å². The van der Waals surface area contributed by atoms with Gasteiger partial charge in [0.2, 0.25) is 0 Å². The fourth-order valence-electron chi connectivity index (χ4n) is 3.92. The molecule has 0 amide bonds. The number of nitrogens with zero attached hydrogens (tertiary/aromatic N) is 1. The second-order valence-corrected chi connectivity index (χ2v) is 8.81. The van der Waals surface area contributed by atoms with E-state index >= 15 is 0 Å². The number of hydrogen-bond acceptors (Lipinski definition) is 5. The van der Waals surface area contributed by atoms with Crippen molar-refractivity contribution in [2.75, 3.05) is 0 Å². The molecule has 0 radical (unpaired) electrons. The third-order valence-electron chi connectivity index (χ3n) is 5.40. The van der Waals surface area contributed by atoms with Crippen LogP contribution in [0.25, 0.3) is 33.1 Å². The van der Waals surface area contributed by atoms with E-state index in [2.05, 4.69) is 9.97 Å². The third kappa shape index (κ3) is 3.24. The summed E-state index contributed by atoms with van der Waals surface area (Å²) < 4.78 is 5.89. The zero-order chi connectivity index (χ0) is 20.8. The fourth-order valence-corrected chi connectivity index (χ4v) is 5.38. The average molecular weight is 441 g/mol. The van der Waals surface area contributed by atoms with Crippen LogP contribution in [-0.4, -0.2) is 21.0 Å². The summed E-state index contributed by atoms with van der Waals surface area (Å²) in [5.74, 6) is 0.137. The Hall–Kier alpha value is -2.90. The highest BCUT2D eigenvalue weighted by molar-refractivity contribution is 7.18. The summed E-state index contributed by atoms with van der Waals surface area (Å²) in [6.07, 6.45) is 5.35. The first-order valence-corrected chi connectivity index (χ1v) is 10.9. The van der Waals surface area contributed by atoms with Gasteiger partial charge in [0.05, 0.1) is 16.0 Å². The maximum Gasteiger partial charge on any atom is 0.337 e. The molecule has 4 aromatic rings. The summed E-state index contributed by atoms with van der Waals surface area (Å²) in [6, 6.07) is 8.11. The van der Waals surface area contributed by atoms with Gasteiger partial charge in [-0.25, -0.2) is 9.78 Å². The SMILES string of the molecule is O=C(O)c1cc(-c2ccc(-c3nc4sc5c(c4c(=O)[nH]3)CCCCC5)o2)ccc1Cl. The number of carbonyl (C=O) groups is 1. The largest absolute Gasteiger partial charge is 0.478 e. The van der Waals surface area contributed by atoms with E-state index < -0.39 is 5.97 Å². The molecule has 3 heterocycles. The second kappa shape index (κ2) is 7.41. The minimum atomic E-state index is -1.11. The Morgan fingerprint density at radius 1 is 1.13 bits per heavy atom. The van der Waals surface area contributed by atoms with Gasteiger partial charge in [-0.15, -0.1) is 11.3 Å². The predicted molar refractivity (Wildman–Crippen MR) is 117 cm³/mol. The Balaban J connectivity index is 1.56. The van der Waals surface area contributed by atoms with Crippen LogP contribution in [0.15, 0.2) is 39.5 Å². The summed E-state index contributed by atoms with van der Waals surface area (Å²) in [5, 5.41) is 10.1. The molecule has 0 saturated heterocycles. The summed E-state index contributed by atoms with van der Waals surface area (Å²) >= 11 is 7.54. The molecule has 1 aromatic carbocycles. The molecule has 6 nitrogen and oxygen atoms in total. The maximum absolute atomic E-state index is 12.8. The van der Waals surface area contributed by atoms with Gasteiger partial charge in [0.1, 0.15) is 10.6 Å². The quantitative estimate of drug-likeness (QED) is 0.408. The van der Waals surface area contributed by atoms with E-state index in [9.17, 15) is 14.7 Å². The normalized spacial score (nSPS) is 13.9. The Labute approximate surface area is 180 Å². The standard InChI is InChI=1S/C22H17ClN2O4S/c23-14-7-6-11(10-13(14)22(27)28)15-8-9-16(29-15)19-24-20(26)18-12-4-2-1-3-5-17(12)30-21(18)25-19/h6-10H,1-5H2,(H,27,28)(H,24,25,26). The van der Waals surface area contributed by atoms with Crippen LogP contribution in [0.3, 0.4) is 0 Å². The number of rotatable bonds is 3. The molecule has 30 heavy (non-hydrogen) atoms. The molecule has 1 aliphatic rings. The average Bonchev–Trinajstić information content (AvgIpc) is 3.27. The number of aryl methyl sites for hydroxylation is 2. The van der Waals surface area contributed by atoms with Crippen LogP contribution in [0.5, 0.6) is 0 Å². The van der Waals surface area contributed by atoms with Crippen molar-refractivity contribution in [3.8, 4) is 22.9 Å². The van der Waals surface area contributed by atoms with E-state index in [1.165, 1.54) is 23.4 Å². The van der Waals surface area contributed by atoms with Gasteiger partial charge in [0.25, 0.3) is 5.56 Å². The molecule has 0 saturated carbocycles. The lowest BCUT2D eigenvalue weighted by Gasteiger charge is -2.02. The van der Waals surface area contributed by atoms with Gasteiger partial charge < -0.3 is 14.5 Å². The van der Waals surface area contributed by atoms with E-state index in [1.54, 1.807) is 29.5 Å². The molecule has 152 valence electrons. The first kappa shape index (κ1) is 19.1. The number of hydrogen-bond donors (Lipinski definition) is 2. The number of halogens is 1. The van der Waals surface area contributed by atoms with Crippen molar-refractivity contribution in [3.63, 3.8) is 0 Å². The van der Waals surface area contributed by atoms with Crippen LogP contribution < -0.4 is 5.56 Å².